The molecule has 1 aromatic carbocycles. The summed E-state index contributed by atoms with van der Waals surface area (Å²) in [5.74, 6) is 1.77. The highest BCUT2D eigenvalue weighted by Crippen LogP contribution is 2.29. The van der Waals surface area contributed by atoms with Gasteiger partial charge < -0.3 is 10.5 Å². The minimum Gasteiger partial charge on any atom is -0.497 e. The summed E-state index contributed by atoms with van der Waals surface area (Å²) in [7, 11) is 3.92. The first kappa shape index (κ1) is 16.3. The molecule has 1 saturated carbocycles. The van der Waals surface area contributed by atoms with Crippen LogP contribution < -0.4 is 10.5 Å². The molecule has 1 aliphatic carbocycles. The average Bonchev–Trinajstić information content (AvgIpc) is 2.53. The van der Waals surface area contributed by atoms with Gasteiger partial charge in [-0.2, -0.15) is 0 Å². The number of rotatable bonds is 5. The Hall–Kier alpha value is -1.06. The maximum absolute atomic E-state index is 6.48. The van der Waals surface area contributed by atoms with Gasteiger partial charge >= 0.3 is 0 Å². The Kier molecular flexibility index (Phi) is 5.65. The van der Waals surface area contributed by atoms with E-state index >= 15 is 0 Å². The quantitative estimate of drug-likeness (QED) is 0.900. The Morgan fingerprint density at radius 2 is 1.71 bits per heavy atom. The molecule has 3 heteroatoms. The van der Waals surface area contributed by atoms with Gasteiger partial charge in [-0.1, -0.05) is 19.1 Å². The van der Waals surface area contributed by atoms with Crippen LogP contribution in [0.2, 0.25) is 0 Å². The van der Waals surface area contributed by atoms with E-state index in [0.717, 1.165) is 11.7 Å². The molecule has 2 unspecified atom stereocenters. The van der Waals surface area contributed by atoms with E-state index in [-0.39, 0.29) is 6.04 Å². The zero-order valence-electron chi connectivity index (χ0n) is 13.9. The van der Waals surface area contributed by atoms with Crippen LogP contribution in [-0.4, -0.2) is 31.1 Å². The predicted molar refractivity (Wildman–Crippen MR) is 88.6 cm³/mol. The second-order valence-corrected chi connectivity index (χ2v) is 6.62. The normalized spacial score (nSPS) is 25.6. The van der Waals surface area contributed by atoms with Crippen molar-refractivity contribution in [3.63, 3.8) is 0 Å². The van der Waals surface area contributed by atoms with Crippen molar-refractivity contribution in [1.82, 2.24) is 4.90 Å². The predicted octanol–water partition coefficient (Wildman–Crippen LogP) is 3.59. The lowest BCUT2D eigenvalue weighted by molar-refractivity contribution is 0.117. The van der Waals surface area contributed by atoms with Gasteiger partial charge in [0.25, 0.3) is 0 Å². The summed E-state index contributed by atoms with van der Waals surface area (Å²) in [6.07, 6.45) is 5.30. The molecule has 1 aromatic rings. The third kappa shape index (κ3) is 3.98. The fraction of sp³-hybridized carbons (Fsp3) is 0.667. The molecule has 0 amide bonds. The van der Waals surface area contributed by atoms with Crippen molar-refractivity contribution in [3.8, 4) is 5.75 Å². The molecule has 0 aliphatic heterocycles. The standard InChI is InChI=1S/C18H30N2O/c1-13-5-9-16(10-6-13)20(3)14(2)18(19)15-7-11-17(21-4)12-8-15/h7-8,11-14,16,18H,5-6,9-10,19H2,1-4H3. The maximum Gasteiger partial charge on any atom is 0.118 e. The highest BCUT2D eigenvalue weighted by Gasteiger charge is 2.27. The first-order chi connectivity index (χ1) is 10.0. The van der Waals surface area contributed by atoms with Crippen LogP contribution in [0.5, 0.6) is 5.75 Å². The SMILES string of the molecule is COc1ccc(C(N)C(C)N(C)C2CCC(C)CC2)cc1. The van der Waals surface area contributed by atoms with Crippen LogP contribution in [0.4, 0.5) is 0 Å². The summed E-state index contributed by atoms with van der Waals surface area (Å²) in [5.41, 5.74) is 7.66. The summed E-state index contributed by atoms with van der Waals surface area (Å²) in [6.45, 7) is 4.61. The van der Waals surface area contributed by atoms with Gasteiger partial charge in [0, 0.05) is 18.1 Å². The Bertz CT molecular complexity index is 423. The number of nitrogens with two attached hydrogens (primary N) is 1. The van der Waals surface area contributed by atoms with E-state index in [0.29, 0.717) is 12.1 Å². The smallest absolute Gasteiger partial charge is 0.118 e. The van der Waals surface area contributed by atoms with E-state index in [9.17, 15) is 0 Å². The molecule has 0 heterocycles. The van der Waals surface area contributed by atoms with E-state index < -0.39 is 0 Å². The molecular formula is C18H30N2O. The molecule has 2 atom stereocenters. The number of likely N-dealkylation sites (N-methyl/N-ethyl adjacent to an activating group) is 1. The second-order valence-electron chi connectivity index (χ2n) is 6.62. The molecule has 1 fully saturated rings. The third-order valence-corrected chi connectivity index (χ3v) is 5.22. The van der Waals surface area contributed by atoms with Crippen LogP contribution in [0.15, 0.2) is 24.3 Å². The molecule has 21 heavy (non-hydrogen) atoms. The molecule has 0 saturated heterocycles. The number of benzene rings is 1. The third-order valence-electron chi connectivity index (χ3n) is 5.22. The summed E-state index contributed by atoms with van der Waals surface area (Å²) in [5, 5.41) is 0. The number of hydrogen-bond donors (Lipinski definition) is 1. The van der Waals surface area contributed by atoms with Crippen molar-refractivity contribution < 1.29 is 4.74 Å². The molecule has 2 rings (SSSR count). The van der Waals surface area contributed by atoms with Gasteiger partial charge in [-0.3, -0.25) is 4.90 Å². The van der Waals surface area contributed by atoms with Crippen LogP contribution in [0.3, 0.4) is 0 Å². The highest BCUT2D eigenvalue weighted by molar-refractivity contribution is 5.29. The zero-order chi connectivity index (χ0) is 15.4. The Labute approximate surface area is 129 Å². The van der Waals surface area contributed by atoms with Crippen LogP contribution in [0.1, 0.15) is 51.1 Å². The van der Waals surface area contributed by atoms with E-state index in [4.69, 9.17) is 10.5 Å². The molecule has 3 nitrogen and oxygen atoms in total. The average molecular weight is 290 g/mol. The lowest BCUT2D eigenvalue weighted by Crippen LogP contribution is -2.45. The highest BCUT2D eigenvalue weighted by atomic mass is 16.5. The molecule has 1 aliphatic rings. The first-order valence-electron chi connectivity index (χ1n) is 8.14. The summed E-state index contributed by atoms with van der Waals surface area (Å²) in [4.78, 5) is 2.49. The molecule has 0 spiro atoms. The van der Waals surface area contributed by atoms with Crippen LogP contribution in [0, 0.1) is 5.92 Å². The molecule has 0 bridgehead atoms. The van der Waals surface area contributed by atoms with Crippen molar-refractivity contribution in [2.45, 2.75) is 57.7 Å². The van der Waals surface area contributed by atoms with E-state index in [1.165, 1.54) is 31.2 Å². The fourth-order valence-electron chi connectivity index (χ4n) is 3.34. The molecular weight excluding hydrogens is 260 g/mol. The summed E-state index contributed by atoms with van der Waals surface area (Å²) >= 11 is 0. The van der Waals surface area contributed by atoms with Gasteiger partial charge in [-0.05, 0) is 63.3 Å². The summed E-state index contributed by atoms with van der Waals surface area (Å²) in [6, 6.07) is 9.21. The van der Waals surface area contributed by atoms with Crippen molar-refractivity contribution >= 4 is 0 Å². The summed E-state index contributed by atoms with van der Waals surface area (Å²) < 4.78 is 5.21. The maximum atomic E-state index is 6.48. The molecule has 2 N–H and O–H groups in total. The van der Waals surface area contributed by atoms with E-state index in [1.807, 2.05) is 12.1 Å². The lowest BCUT2D eigenvalue weighted by Gasteiger charge is -2.39. The van der Waals surface area contributed by atoms with E-state index in [2.05, 4.69) is 37.9 Å². The number of nitrogens with zero attached hydrogens (tertiary/aromatic N) is 1. The molecule has 118 valence electrons. The Balaban J connectivity index is 1.98. The van der Waals surface area contributed by atoms with Gasteiger partial charge in [0.15, 0.2) is 0 Å². The van der Waals surface area contributed by atoms with Crippen molar-refractivity contribution in [2.24, 2.45) is 11.7 Å². The van der Waals surface area contributed by atoms with Crippen LogP contribution in [-0.2, 0) is 0 Å². The fourth-order valence-corrected chi connectivity index (χ4v) is 3.34. The van der Waals surface area contributed by atoms with Gasteiger partial charge in [-0.15, -0.1) is 0 Å². The van der Waals surface area contributed by atoms with Crippen LogP contribution in [0.25, 0.3) is 0 Å². The number of methoxy groups -OCH3 is 1. The van der Waals surface area contributed by atoms with Crippen molar-refractivity contribution in [2.75, 3.05) is 14.2 Å². The second kappa shape index (κ2) is 7.28. The minimum atomic E-state index is 0.0419. The van der Waals surface area contributed by atoms with Crippen molar-refractivity contribution in [1.29, 1.82) is 0 Å². The molecule has 0 aromatic heterocycles. The largest absolute Gasteiger partial charge is 0.497 e. The van der Waals surface area contributed by atoms with Gasteiger partial charge in [0.1, 0.15) is 5.75 Å². The van der Waals surface area contributed by atoms with Crippen LogP contribution >= 0.6 is 0 Å². The first-order valence-corrected chi connectivity index (χ1v) is 8.14. The number of hydrogen-bond acceptors (Lipinski definition) is 3. The van der Waals surface area contributed by atoms with Gasteiger partial charge in [-0.25, -0.2) is 0 Å². The topological polar surface area (TPSA) is 38.5 Å². The lowest BCUT2D eigenvalue weighted by atomic mass is 9.85. The van der Waals surface area contributed by atoms with Gasteiger partial charge in [0.05, 0.1) is 7.11 Å². The molecule has 0 radical (unpaired) electrons. The zero-order valence-corrected chi connectivity index (χ0v) is 13.9. The van der Waals surface area contributed by atoms with E-state index in [1.54, 1.807) is 7.11 Å². The van der Waals surface area contributed by atoms with Gasteiger partial charge in [0.2, 0.25) is 0 Å². The van der Waals surface area contributed by atoms with Crippen molar-refractivity contribution in [3.05, 3.63) is 29.8 Å². The minimum absolute atomic E-state index is 0.0419. The number of ether oxygens (including phenoxy) is 1. The Morgan fingerprint density at radius 1 is 1.14 bits per heavy atom. The Morgan fingerprint density at radius 3 is 2.24 bits per heavy atom. The monoisotopic (exact) mass is 290 g/mol.